The molecule has 2 heterocycles. The number of pyridine rings is 1. The molecule has 0 bridgehead atoms. The average molecular weight is 262 g/mol. The third kappa shape index (κ3) is 4.00. The molecule has 0 amide bonds. The second-order valence-corrected chi connectivity index (χ2v) is 5.50. The molecule has 0 aliphatic carbocycles. The first-order valence-corrected chi connectivity index (χ1v) is 7.22. The van der Waals surface area contributed by atoms with Crippen molar-refractivity contribution in [2.75, 3.05) is 40.3 Å². The van der Waals surface area contributed by atoms with Gasteiger partial charge < -0.3 is 10.2 Å². The van der Waals surface area contributed by atoms with Gasteiger partial charge in [0, 0.05) is 50.0 Å². The molecule has 1 fully saturated rings. The number of nitrogens with zero attached hydrogens (tertiary/aromatic N) is 3. The molecular weight excluding hydrogens is 236 g/mol. The van der Waals surface area contributed by atoms with Gasteiger partial charge in [-0.1, -0.05) is 13.0 Å². The Morgan fingerprint density at radius 2 is 2.21 bits per heavy atom. The fourth-order valence-electron chi connectivity index (χ4n) is 2.83. The van der Waals surface area contributed by atoms with Gasteiger partial charge >= 0.3 is 0 Å². The van der Waals surface area contributed by atoms with Gasteiger partial charge in [-0.15, -0.1) is 0 Å². The third-order valence-electron chi connectivity index (χ3n) is 3.99. The molecule has 19 heavy (non-hydrogen) atoms. The van der Waals surface area contributed by atoms with Gasteiger partial charge in [-0.3, -0.25) is 9.88 Å². The lowest BCUT2D eigenvalue weighted by Gasteiger charge is -2.42. The molecule has 106 valence electrons. The predicted octanol–water partition coefficient (Wildman–Crippen LogP) is 0.848. The van der Waals surface area contributed by atoms with Crippen LogP contribution in [0, 0.1) is 0 Å². The number of aromatic nitrogens is 1. The van der Waals surface area contributed by atoms with Gasteiger partial charge in [0.1, 0.15) is 0 Å². The van der Waals surface area contributed by atoms with E-state index >= 15 is 0 Å². The van der Waals surface area contributed by atoms with Crippen molar-refractivity contribution < 1.29 is 0 Å². The molecule has 4 heteroatoms. The molecule has 1 aromatic rings. The summed E-state index contributed by atoms with van der Waals surface area (Å²) in [5.74, 6) is 0. The lowest BCUT2D eigenvalue weighted by molar-refractivity contribution is 0.0878. The van der Waals surface area contributed by atoms with Gasteiger partial charge in [0.2, 0.25) is 0 Å². The van der Waals surface area contributed by atoms with E-state index < -0.39 is 0 Å². The van der Waals surface area contributed by atoms with Crippen molar-refractivity contribution >= 4 is 0 Å². The molecule has 1 N–H and O–H groups in total. The Morgan fingerprint density at radius 1 is 1.37 bits per heavy atom. The summed E-state index contributed by atoms with van der Waals surface area (Å²) in [6.45, 7) is 6.62. The van der Waals surface area contributed by atoms with Crippen molar-refractivity contribution in [1.29, 1.82) is 0 Å². The van der Waals surface area contributed by atoms with Crippen LogP contribution in [0.4, 0.5) is 0 Å². The molecular formula is C15H26N4. The monoisotopic (exact) mass is 262 g/mol. The van der Waals surface area contributed by atoms with Crippen molar-refractivity contribution in [2.24, 2.45) is 0 Å². The molecule has 1 aliphatic rings. The zero-order valence-corrected chi connectivity index (χ0v) is 12.3. The molecule has 0 aromatic carbocycles. The number of likely N-dealkylation sites (N-methyl/N-ethyl adjacent to an activating group) is 3. The van der Waals surface area contributed by atoms with Crippen LogP contribution in [0.5, 0.6) is 0 Å². The number of piperazine rings is 1. The third-order valence-corrected chi connectivity index (χ3v) is 3.99. The molecule has 4 nitrogen and oxygen atoms in total. The van der Waals surface area contributed by atoms with Crippen LogP contribution in [0.2, 0.25) is 0 Å². The Kier molecular flexibility index (Phi) is 5.31. The first kappa shape index (κ1) is 14.4. The molecule has 0 radical (unpaired) electrons. The summed E-state index contributed by atoms with van der Waals surface area (Å²) in [5, 5.41) is 3.64. The molecule has 1 saturated heterocycles. The minimum atomic E-state index is 0.465. The van der Waals surface area contributed by atoms with Crippen LogP contribution in [-0.2, 0) is 6.42 Å². The van der Waals surface area contributed by atoms with Crippen molar-refractivity contribution in [3.05, 3.63) is 30.1 Å². The number of hydrogen-bond donors (Lipinski definition) is 1. The van der Waals surface area contributed by atoms with Crippen molar-refractivity contribution in [3.8, 4) is 0 Å². The Hall–Kier alpha value is -0.970. The first-order valence-electron chi connectivity index (χ1n) is 7.22. The van der Waals surface area contributed by atoms with E-state index in [0.717, 1.165) is 32.6 Å². The van der Waals surface area contributed by atoms with Crippen LogP contribution < -0.4 is 5.32 Å². The van der Waals surface area contributed by atoms with Crippen LogP contribution in [0.25, 0.3) is 0 Å². The fourth-order valence-corrected chi connectivity index (χ4v) is 2.83. The van der Waals surface area contributed by atoms with E-state index in [2.05, 4.69) is 53.3 Å². The lowest BCUT2D eigenvalue weighted by Crippen LogP contribution is -2.59. The maximum absolute atomic E-state index is 4.47. The summed E-state index contributed by atoms with van der Waals surface area (Å²) in [6, 6.07) is 7.19. The molecule has 2 rings (SSSR count). The predicted molar refractivity (Wildman–Crippen MR) is 79.3 cm³/mol. The van der Waals surface area contributed by atoms with E-state index in [1.54, 1.807) is 0 Å². The van der Waals surface area contributed by atoms with Gasteiger partial charge in [0.15, 0.2) is 0 Å². The van der Waals surface area contributed by atoms with E-state index in [9.17, 15) is 0 Å². The number of hydrogen-bond acceptors (Lipinski definition) is 4. The minimum absolute atomic E-state index is 0.465. The second-order valence-electron chi connectivity index (χ2n) is 5.50. The maximum Gasteiger partial charge on any atom is 0.0419 e. The van der Waals surface area contributed by atoms with Crippen LogP contribution >= 0.6 is 0 Å². The summed E-state index contributed by atoms with van der Waals surface area (Å²) in [7, 11) is 4.45. The summed E-state index contributed by atoms with van der Waals surface area (Å²) >= 11 is 0. The van der Waals surface area contributed by atoms with E-state index in [1.807, 2.05) is 12.3 Å². The van der Waals surface area contributed by atoms with E-state index in [-0.39, 0.29) is 0 Å². The maximum atomic E-state index is 4.47. The first-order chi connectivity index (χ1) is 9.20. The molecule has 1 aromatic heterocycles. The molecule has 2 unspecified atom stereocenters. The van der Waals surface area contributed by atoms with E-state index in [0.29, 0.717) is 12.1 Å². The zero-order valence-electron chi connectivity index (χ0n) is 12.3. The topological polar surface area (TPSA) is 31.4 Å². The second kappa shape index (κ2) is 6.98. The van der Waals surface area contributed by atoms with Crippen LogP contribution in [-0.4, -0.2) is 67.1 Å². The van der Waals surface area contributed by atoms with Crippen molar-refractivity contribution in [1.82, 2.24) is 20.1 Å². The minimum Gasteiger partial charge on any atom is -0.312 e. The molecule has 1 aliphatic heterocycles. The summed E-state index contributed by atoms with van der Waals surface area (Å²) in [6.07, 6.45) is 2.88. The number of nitrogens with one attached hydrogen (secondary N) is 1. The van der Waals surface area contributed by atoms with Crippen molar-refractivity contribution in [3.63, 3.8) is 0 Å². The summed E-state index contributed by atoms with van der Waals surface area (Å²) < 4.78 is 0. The highest BCUT2D eigenvalue weighted by Crippen LogP contribution is 2.13. The Bertz CT molecular complexity index is 368. The standard InChI is InChI=1S/C15H26N4/c1-4-16-14(11-13-7-5-6-8-17-13)15-12-18(2)9-10-19(15)3/h5-8,14-16H,4,9-12H2,1-3H3. The average Bonchev–Trinajstić information content (AvgIpc) is 2.42. The quantitative estimate of drug-likeness (QED) is 0.852. The van der Waals surface area contributed by atoms with Gasteiger partial charge in [-0.2, -0.15) is 0 Å². The highest BCUT2D eigenvalue weighted by molar-refractivity contribution is 5.07. The van der Waals surface area contributed by atoms with Gasteiger partial charge in [0.25, 0.3) is 0 Å². The highest BCUT2D eigenvalue weighted by atomic mass is 15.3. The van der Waals surface area contributed by atoms with E-state index in [4.69, 9.17) is 0 Å². The highest BCUT2D eigenvalue weighted by Gasteiger charge is 2.29. The van der Waals surface area contributed by atoms with Gasteiger partial charge in [-0.05, 0) is 32.8 Å². The number of rotatable bonds is 5. The Labute approximate surface area is 116 Å². The summed E-state index contributed by atoms with van der Waals surface area (Å²) in [4.78, 5) is 9.37. The van der Waals surface area contributed by atoms with Gasteiger partial charge in [-0.25, -0.2) is 0 Å². The largest absolute Gasteiger partial charge is 0.312 e. The van der Waals surface area contributed by atoms with Crippen LogP contribution in [0.15, 0.2) is 24.4 Å². The zero-order chi connectivity index (χ0) is 13.7. The lowest BCUT2D eigenvalue weighted by atomic mass is 9.99. The SMILES string of the molecule is CCNC(Cc1ccccn1)C1CN(C)CCN1C. The van der Waals surface area contributed by atoms with E-state index in [1.165, 1.54) is 5.69 Å². The molecule has 0 saturated carbocycles. The Morgan fingerprint density at radius 3 is 2.89 bits per heavy atom. The smallest absolute Gasteiger partial charge is 0.0419 e. The normalized spacial score (nSPS) is 23.4. The van der Waals surface area contributed by atoms with Crippen molar-refractivity contribution in [2.45, 2.75) is 25.4 Å². The summed E-state index contributed by atoms with van der Waals surface area (Å²) in [5.41, 5.74) is 1.18. The fraction of sp³-hybridized carbons (Fsp3) is 0.667. The van der Waals surface area contributed by atoms with Crippen LogP contribution in [0.1, 0.15) is 12.6 Å². The van der Waals surface area contributed by atoms with Crippen LogP contribution in [0.3, 0.4) is 0 Å². The molecule has 2 atom stereocenters. The van der Waals surface area contributed by atoms with Gasteiger partial charge in [0.05, 0.1) is 0 Å². The molecule has 0 spiro atoms. The Balaban J connectivity index is 2.06.